The van der Waals surface area contributed by atoms with Crippen molar-refractivity contribution in [1.29, 1.82) is 0 Å². The fraction of sp³-hybridized carbons (Fsp3) is 0.770. The number of rotatable bonds is 54. The maximum absolute atomic E-state index is 14.5. The maximum atomic E-state index is 14.5. The molecule has 0 saturated carbocycles. The molecule has 0 fully saturated rings. The lowest BCUT2D eigenvalue weighted by Gasteiger charge is -2.29. The third-order valence-corrected chi connectivity index (χ3v) is 15.6. The molecule has 11 amide bonds. The van der Waals surface area contributed by atoms with Crippen molar-refractivity contribution >= 4 is 82.9 Å². The van der Waals surface area contributed by atoms with Crippen molar-refractivity contribution in [2.75, 3.05) is 52.5 Å². The van der Waals surface area contributed by atoms with Crippen LogP contribution in [-0.4, -0.2) is 246 Å². The number of carbonyl (C=O) groups is 12. The first kappa shape index (κ1) is 91.8. The van der Waals surface area contributed by atoms with Crippen LogP contribution in [0.5, 0.6) is 0 Å². The summed E-state index contributed by atoms with van der Waals surface area (Å²) in [5.74, 6) is -13.3. The van der Waals surface area contributed by atoms with Crippen LogP contribution in [0.25, 0.3) is 0 Å². The maximum Gasteiger partial charge on any atom is 0.328 e. The van der Waals surface area contributed by atoms with Gasteiger partial charge in [-0.3, -0.25) is 62.7 Å². The van der Waals surface area contributed by atoms with E-state index in [0.717, 1.165) is 6.92 Å². The van der Waals surface area contributed by atoms with Gasteiger partial charge in [0.2, 0.25) is 65.0 Å². The van der Waals surface area contributed by atoms with Crippen LogP contribution in [0, 0.1) is 11.8 Å². The number of carboxylic acid groups (broad SMARTS) is 1. The predicted octanol–water partition coefficient (Wildman–Crippen LogP) is -9.20. The van der Waals surface area contributed by atoms with Crippen LogP contribution >= 0.6 is 0 Å². The van der Waals surface area contributed by atoms with Crippen molar-refractivity contribution in [3.05, 3.63) is 0 Å². The molecule has 39 nitrogen and oxygen atoms in total. The molecular weight excluding hydrogens is 1310 g/mol. The zero-order valence-electron chi connectivity index (χ0n) is 58.6. The molecule has 0 heterocycles. The molecule has 0 aliphatic rings. The molecule has 34 N–H and O–H groups in total. The van der Waals surface area contributed by atoms with Gasteiger partial charge in [-0.15, -0.1) is 0 Å². The number of aliphatic imine (C=N–C) groups is 2. The third kappa shape index (κ3) is 37.3. The SMILES string of the molecule is CC(C)C[C@H](NC(=O)[C@@H](NC(=O)[C@@H](N)C(C)C)[C@@H](C)O)C(=O)N[C@@H](CCCN=C(N)N)C(=O)N[C@@H](CCCCN)C(=O)N[C@@H](CCCCN)C(=O)N[C@H](C(=O)N[C@@H](CCCCN)C(=O)N[C@@H](CO)C(=O)N[C@@H](CCCCN)C(=O)N[C@@H](CCCN=C(N)N)C(=O)N[C@@H](CO)C(=O)O)[C@@H](C)O. The number of unbranched alkanes of at least 4 members (excludes halogenated alkanes) is 4. The van der Waals surface area contributed by atoms with Crippen molar-refractivity contribution in [2.24, 2.45) is 73.4 Å². The smallest absolute Gasteiger partial charge is 0.328 e. The highest BCUT2D eigenvalue weighted by Gasteiger charge is 2.38. The fourth-order valence-electron chi connectivity index (χ4n) is 9.72. The van der Waals surface area contributed by atoms with Gasteiger partial charge in [-0.25, -0.2) is 4.79 Å². The number of nitrogens with two attached hydrogens (primary N) is 9. The zero-order valence-corrected chi connectivity index (χ0v) is 58.6. The molecule has 100 heavy (non-hydrogen) atoms. The number of hydrogen-bond acceptors (Lipinski definition) is 23. The third-order valence-electron chi connectivity index (χ3n) is 15.6. The van der Waals surface area contributed by atoms with E-state index in [-0.39, 0.29) is 146 Å². The molecule has 0 rings (SSSR count). The zero-order chi connectivity index (χ0) is 76.2. The summed E-state index contributed by atoms with van der Waals surface area (Å²) in [5.41, 5.74) is 51.0. The minimum Gasteiger partial charge on any atom is -0.480 e. The van der Waals surface area contributed by atoms with Crippen molar-refractivity contribution in [1.82, 2.24) is 58.5 Å². The first-order chi connectivity index (χ1) is 47.1. The van der Waals surface area contributed by atoms with Crippen LogP contribution < -0.4 is 110 Å². The highest BCUT2D eigenvalue weighted by molar-refractivity contribution is 5.99. The summed E-state index contributed by atoms with van der Waals surface area (Å²) >= 11 is 0. The molecule has 574 valence electrons. The van der Waals surface area contributed by atoms with Gasteiger partial charge in [0.05, 0.1) is 31.5 Å². The molecule has 0 aromatic carbocycles. The number of hydrogen-bond donors (Lipinski definition) is 25. The Labute approximate surface area is 583 Å². The fourth-order valence-corrected chi connectivity index (χ4v) is 9.72. The average molecular weight is 1430 g/mol. The molecular formula is C61H118N22O17. The van der Waals surface area contributed by atoms with Crippen LogP contribution in [0.3, 0.4) is 0 Å². The van der Waals surface area contributed by atoms with E-state index in [2.05, 4.69) is 68.5 Å². The summed E-state index contributed by atoms with van der Waals surface area (Å²) in [6.07, 6.45) is -1.39. The summed E-state index contributed by atoms with van der Waals surface area (Å²) in [6.45, 7) is 7.86. The highest BCUT2D eigenvalue weighted by Crippen LogP contribution is 2.14. The molecule has 0 aliphatic heterocycles. The Morgan fingerprint density at radius 3 is 0.860 bits per heavy atom. The number of carboxylic acids is 1. The molecule has 0 unspecified atom stereocenters. The second-order valence-electron chi connectivity index (χ2n) is 25.1. The number of nitrogens with one attached hydrogen (secondary N) is 11. The number of aliphatic hydroxyl groups is 4. The van der Waals surface area contributed by atoms with Crippen molar-refractivity contribution in [3.63, 3.8) is 0 Å². The average Bonchev–Trinajstić information content (AvgIpc) is 0.862. The van der Waals surface area contributed by atoms with Gasteiger partial charge < -0.3 is 136 Å². The Hall–Kier alpha value is -8.18. The molecule has 0 saturated heterocycles. The van der Waals surface area contributed by atoms with Crippen molar-refractivity contribution in [2.45, 2.75) is 235 Å². The van der Waals surface area contributed by atoms with Gasteiger partial charge in [-0.2, -0.15) is 0 Å². The van der Waals surface area contributed by atoms with Gasteiger partial charge >= 0.3 is 5.97 Å². The van der Waals surface area contributed by atoms with E-state index >= 15 is 0 Å². The molecule has 0 aromatic heterocycles. The number of nitrogens with zero attached hydrogens (tertiary/aromatic N) is 2. The van der Waals surface area contributed by atoms with Crippen LogP contribution in [0.2, 0.25) is 0 Å². The van der Waals surface area contributed by atoms with E-state index in [4.69, 9.17) is 51.6 Å². The normalized spacial score (nSPS) is 15.4. The van der Waals surface area contributed by atoms with Crippen molar-refractivity contribution in [3.8, 4) is 0 Å². The van der Waals surface area contributed by atoms with Gasteiger partial charge in [0.1, 0.15) is 66.5 Å². The largest absolute Gasteiger partial charge is 0.480 e. The number of guanidine groups is 2. The quantitative estimate of drug-likeness (QED) is 0.0153. The number of amides is 11. The lowest BCUT2D eigenvalue weighted by molar-refractivity contribution is -0.143. The van der Waals surface area contributed by atoms with E-state index in [0.29, 0.717) is 25.7 Å². The monoisotopic (exact) mass is 1430 g/mol. The minimum atomic E-state index is -1.85. The molecule has 0 bridgehead atoms. The molecule has 0 aromatic rings. The topological polar surface area (TPSA) is 697 Å². The summed E-state index contributed by atoms with van der Waals surface area (Å²) in [7, 11) is 0. The summed E-state index contributed by atoms with van der Waals surface area (Å²) in [4.78, 5) is 173. The van der Waals surface area contributed by atoms with E-state index in [9.17, 15) is 83.1 Å². The Morgan fingerprint density at radius 2 is 0.590 bits per heavy atom. The first-order valence-corrected chi connectivity index (χ1v) is 34.0. The summed E-state index contributed by atoms with van der Waals surface area (Å²) in [6, 6.07) is -18.2. The second-order valence-corrected chi connectivity index (χ2v) is 25.1. The standard InChI is InChI=1S/C61H118N22O17/c1-32(2)29-42(79-58(98)47(35(6)87)83-56(96)45(66)33(3)4)54(94)76-40(21-15-27-71-60(67)68)50(90)73-36(17-7-11-23-62)48(88)74-39(20-10-14-26-65)53(93)82-46(34(5)86)57(97)78-38(19-9-13-25-64)51(91)80-43(30-84)55(95)77-37(18-8-12-24-63)49(89)75-41(22-16-28-72-61(69)70)52(92)81-44(31-85)59(99)100/h32-47,84-87H,7-31,62-66H2,1-6H3,(H,73,90)(H,74,88)(H,75,89)(H,76,94)(H,77,95)(H,78,97)(H,79,98)(H,80,91)(H,81,92)(H,82,93)(H,83,96)(H,99,100)(H4,67,68,71)(H4,69,70,72)/t34-,35-,36+,37+,38+,39+,40+,41+,42+,43+,44+,45+,46+,47+/m1/s1. The van der Waals surface area contributed by atoms with Crippen LogP contribution in [-0.2, 0) is 57.5 Å². The van der Waals surface area contributed by atoms with Crippen LogP contribution in [0.1, 0.15) is 151 Å². The van der Waals surface area contributed by atoms with Crippen LogP contribution in [0.15, 0.2) is 9.98 Å². The number of aliphatic hydroxyl groups excluding tert-OH is 4. The predicted molar refractivity (Wildman–Crippen MR) is 370 cm³/mol. The second kappa shape index (κ2) is 51.0. The van der Waals surface area contributed by atoms with Gasteiger partial charge in [0.25, 0.3) is 0 Å². The molecule has 0 spiro atoms. The Balaban J connectivity index is 7.13. The lowest BCUT2D eigenvalue weighted by Crippen LogP contribution is -2.62. The van der Waals surface area contributed by atoms with Gasteiger partial charge in [-0.05, 0) is 161 Å². The van der Waals surface area contributed by atoms with E-state index in [1.54, 1.807) is 27.7 Å². The van der Waals surface area contributed by atoms with E-state index in [1.165, 1.54) is 6.92 Å². The highest BCUT2D eigenvalue weighted by atomic mass is 16.4. The van der Waals surface area contributed by atoms with Crippen molar-refractivity contribution < 1.29 is 83.1 Å². The van der Waals surface area contributed by atoms with Gasteiger partial charge in [0, 0.05) is 13.1 Å². The molecule has 0 radical (unpaired) electrons. The summed E-state index contributed by atoms with van der Waals surface area (Å²) < 4.78 is 0. The number of aliphatic carboxylic acids is 1. The Kier molecular flexibility index (Phi) is 46.9. The van der Waals surface area contributed by atoms with Gasteiger partial charge in [0.15, 0.2) is 11.9 Å². The van der Waals surface area contributed by atoms with E-state index < -0.39 is 169 Å². The number of carbonyl (C=O) groups excluding carboxylic acids is 11. The Bertz CT molecular complexity index is 2610. The lowest BCUT2D eigenvalue weighted by atomic mass is 10.00. The summed E-state index contributed by atoms with van der Waals surface area (Å²) in [5, 5.41) is 78.4. The molecule has 39 heteroatoms. The van der Waals surface area contributed by atoms with Crippen LogP contribution in [0.4, 0.5) is 0 Å². The molecule has 0 aliphatic carbocycles. The Morgan fingerprint density at radius 1 is 0.340 bits per heavy atom. The first-order valence-electron chi connectivity index (χ1n) is 34.0. The van der Waals surface area contributed by atoms with Gasteiger partial charge in [-0.1, -0.05) is 27.7 Å². The van der Waals surface area contributed by atoms with E-state index in [1.807, 2.05) is 0 Å². The molecule has 14 atom stereocenters. The minimum absolute atomic E-state index is 0.00623.